The Morgan fingerprint density at radius 1 is 0.897 bits per heavy atom. The molecule has 0 radical (unpaired) electrons. The molecule has 0 atom stereocenters. The van der Waals surface area contributed by atoms with Gasteiger partial charge < -0.3 is 5.32 Å². The summed E-state index contributed by atoms with van der Waals surface area (Å²) in [6.45, 7) is 9.90. The summed E-state index contributed by atoms with van der Waals surface area (Å²) >= 11 is 0. The molecule has 0 fully saturated rings. The first-order chi connectivity index (χ1) is 13.8. The van der Waals surface area contributed by atoms with Gasteiger partial charge in [-0.05, 0) is 64.4 Å². The fourth-order valence-electron chi connectivity index (χ4n) is 3.60. The summed E-state index contributed by atoms with van der Waals surface area (Å²) in [7, 11) is 0. The molecule has 2 aromatic heterocycles. The lowest BCUT2D eigenvalue weighted by atomic mass is 10.1. The van der Waals surface area contributed by atoms with Gasteiger partial charge >= 0.3 is 0 Å². The lowest BCUT2D eigenvalue weighted by Gasteiger charge is -2.11. The summed E-state index contributed by atoms with van der Waals surface area (Å²) in [6, 6.07) is 15.9. The largest absolute Gasteiger partial charge is 0.322 e. The summed E-state index contributed by atoms with van der Waals surface area (Å²) in [5.41, 5.74) is 7.94. The minimum atomic E-state index is -0.154. The number of rotatable bonds is 3. The van der Waals surface area contributed by atoms with Crippen molar-refractivity contribution in [3.63, 3.8) is 0 Å². The highest BCUT2D eigenvalue weighted by molar-refractivity contribution is 6.13. The van der Waals surface area contributed by atoms with Crippen molar-refractivity contribution in [3.8, 4) is 5.69 Å². The van der Waals surface area contributed by atoms with Crippen molar-refractivity contribution in [3.05, 3.63) is 82.2 Å². The highest BCUT2D eigenvalue weighted by atomic mass is 16.1. The van der Waals surface area contributed by atoms with Gasteiger partial charge in [0, 0.05) is 11.4 Å². The molecule has 0 aliphatic heterocycles. The summed E-state index contributed by atoms with van der Waals surface area (Å²) in [4.78, 5) is 17.9. The zero-order chi connectivity index (χ0) is 20.7. The molecule has 0 aliphatic carbocycles. The van der Waals surface area contributed by atoms with E-state index in [1.54, 1.807) is 0 Å². The van der Waals surface area contributed by atoms with Gasteiger partial charge in [0.05, 0.1) is 22.3 Å². The third kappa shape index (κ3) is 3.51. The van der Waals surface area contributed by atoms with Crippen LogP contribution in [-0.2, 0) is 0 Å². The Hall–Kier alpha value is -3.47. The van der Waals surface area contributed by atoms with E-state index in [-0.39, 0.29) is 5.91 Å². The molecule has 0 bridgehead atoms. The van der Waals surface area contributed by atoms with Gasteiger partial charge in [-0.3, -0.25) is 4.79 Å². The van der Waals surface area contributed by atoms with E-state index >= 15 is 0 Å². The number of nitrogens with zero attached hydrogens (tertiary/aromatic N) is 3. The number of aryl methyl sites for hydroxylation is 5. The average molecular weight is 384 g/mol. The molecule has 0 aliphatic rings. The lowest BCUT2D eigenvalue weighted by Crippen LogP contribution is -2.14. The fourth-order valence-corrected chi connectivity index (χ4v) is 3.60. The van der Waals surface area contributed by atoms with Gasteiger partial charge in [-0.2, -0.15) is 5.10 Å². The molecule has 0 unspecified atom stereocenters. The van der Waals surface area contributed by atoms with Crippen molar-refractivity contribution < 1.29 is 4.79 Å². The van der Waals surface area contributed by atoms with Crippen LogP contribution >= 0.6 is 0 Å². The maximum atomic E-state index is 13.2. The van der Waals surface area contributed by atoms with Gasteiger partial charge in [0.1, 0.15) is 0 Å². The third-order valence-electron chi connectivity index (χ3n) is 5.09. The molecule has 0 saturated heterocycles. The predicted molar refractivity (Wildman–Crippen MR) is 117 cm³/mol. The van der Waals surface area contributed by atoms with E-state index in [1.165, 1.54) is 5.56 Å². The average Bonchev–Trinajstić information content (AvgIpc) is 3.00. The molecule has 5 nitrogen and oxygen atoms in total. The molecule has 5 heteroatoms. The summed E-state index contributed by atoms with van der Waals surface area (Å²) < 4.78 is 1.81. The normalized spacial score (nSPS) is 11.1. The van der Waals surface area contributed by atoms with E-state index in [4.69, 9.17) is 4.98 Å². The van der Waals surface area contributed by atoms with Crippen LogP contribution in [0.2, 0.25) is 0 Å². The Kier molecular flexibility index (Phi) is 4.66. The quantitative estimate of drug-likeness (QED) is 0.527. The van der Waals surface area contributed by atoms with Crippen molar-refractivity contribution in [2.45, 2.75) is 34.6 Å². The topological polar surface area (TPSA) is 59.8 Å². The van der Waals surface area contributed by atoms with Gasteiger partial charge in [0.2, 0.25) is 0 Å². The number of hydrogen-bond donors (Lipinski definition) is 1. The zero-order valence-corrected chi connectivity index (χ0v) is 17.4. The van der Waals surface area contributed by atoms with E-state index in [0.717, 1.165) is 39.3 Å². The van der Waals surface area contributed by atoms with Crippen molar-refractivity contribution in [2.24, 2.45) is 0 Å². The van der Waals surface area contributed by atoms with Crippen molar-refractivity contribution in [1.82, 2.24) is 14.8 Å². The van der Waals surface area contributed by atoms with Gasteiger partial charge in [-0.15, -0.1) is 0 Å². The number of fused-ring (bicyclic) bond motifs is 1. The number of pyridine rings is 1. The first-order valence-electron chi connectivity index (χ1n) is 9.66. The molecule has 0 spiro atoms. The van der Waals surface area contributed by atoms with Crippen LogP contribution in [0.15, 0.2) is 48.5 Å². The number of hydrogen-bond acceptors (Lipinski definition) is 3. The summed E-state index contributed by atoms with van der Waals surface area (Å²) in [6.07, 6.45) is 0. The van der Waals surface area contributed by atoms with E-state index in [0.29, 0.717) is 11.2 Å². The van der Waals surface area contributed by atoms with Crippen LogP contribution in [0, 0.1) is 34.6 Å². The molecule has 2 heterocycles. The Morgan fingerprint density at radius 2 is 1.59 bits per heavy atom. The van der Waals surface area contributed by atoms with Gasteiger partial charge in [0.15, 0.2) is 5.65 Å². The maximum Gasteiger partial charge on any atom is 0.256 e. The smallest absolute Gasteiger partial charge is 0.256 e. The molecule has 1 N–H and O–H groups in total. The molecule has 0 saturated carbocycles. The van der Waals surface area contributed by atoms with Gasteiger partial charge in [0.25, 0.3) is 5.91 Å². The number of benzene rings is 2. The second-order valence-electron chi connectivity index (χ2n) is 7.62. The van der Waals surface area contributed by atoms with Crippen LogP contribution in [0.4, 0.5) is 5.69 Å². The first-order valence-corrected chi connectivity index (χ1v) is 9.66. The highest BCUT2D eigenvalue weighted by Crippen LogP contribution is 2.26. The fraction of sp³-hybridized carbons (Fsp3) is 0.208. The molecule has 146 valence electrons. The minimum Gasteiger partial charge on any atom is -0.322 e. The molecule has 1 amide bonds. The van der Waals surface area contributed by atoms with E-state index in [2.05, 4.69) is 16.5 Å². The highest BCUT2D eigenvalue weighted by Gasteiger charge is 2.20. The van der Waals surface area contributed by atoms with Crippen molar-refractivity contribution in [1.29, 1.82) is 0 Å². The summed E-state index contributed by atoms with van der Waals surface area (Å²) in [5.74, 6) is -0.154. The van der Waals surface area contributed by atoms with Crippen molar-refractivity contribution >= 4 is 22.6 Å². The van der Waals surface area contributed by atoms with Gasteiger partial charge in [-0.25, -0.2) is 9.67 Å². The number of aromatic nitrogens is 3. The third-order valence-corrected chi connectivity index (χ3v) is 5.09. The Morgan fingerprint density at radius 3 is 2.28 bits per heavy atom. The second kappa shape index (κ2) is 7.17. The predicted octanol–water partition coefficient (Wildman–Crippen LogP) is 5.21. The number of amides is 1. The number of nitrogens with one attached hydrogen (secondary N) is 1. The monoisotopic (exact) mass is 384 g/mol. The molecule has 29 heavy (non-hydrogen) atoms. The van der Waals surface area contributed by atoms with Crippen LogP contribution in [0.1, 0.15) is 38.4 Å². The van der Waals surface area contributed by atoms with E-state index in [9.17, 15) is 4.79 Å². The Bertz CT molecular complexity index is 1240. The Balaban J connectivity index is 1.82. The van der Waals surface area contributed by atoms with Crippen LogP contribution in [0.3, 0.4) is 0 Å². The van der Waals surface area contributed by atoms with Crippen LogP contribution in [-0.4, -0.2) is 20.7 Å². The molecule has 4 aromatic rings. The van der Waals surface area contributed by atoms with Gasteiger partial charge in [-0.1, -0.05) is 35.4 Å². The standard InChI is InChI=1S/C24H24N4O/c1-14-6-9-19(10-7-14)28-23-22(18(5)27-28)20(13-17(4)25-23)24(29)26-21-11-8-15(2)12-16(21)3/h6-13H,1-5H3,(H,26,29). The molecule has 4 rings (SSSR count). The maximum absolute atomic E-state index is 13.2. The molecule has 2 aromatic carbocycles. The lowest BCUT2D eigenvalue weighted by molar-refractivity contribution is 0.102. The van der Waals surface area contributed by atoms with Crippen LogP contribution in [0.25, 0.3) is 16.7 Å². The number of anilines is 1. The minimum absolute atomic E-state index is 0.154. The summed E-state index contributed by atoms with van der Waals surface area (Å²) in [5, 5.41) is 8.51. The number of carbonyl (C=O) groups excluding carboxylic acids is 1. The van der Waals surface area contributed by atoms with Crippen LogP contribution < -0.4 is 5.32 Å². The van der Waals surface area contributed by atoms with E-state index in [1.807, 2.05) is 81.8 Å². The Labute approximate surface area is 170 Å². The number of carbonyl (C=O) groups is 1. The SMILES string of the molecule is Cc1ccc(-n2nc(C)c3c(C(=O)Nc4ccc(C)cc4C)cc(C)nc32)cc1. The van der Waals surface area contributed by atoms with E-state index < -0.39 is 0 Å². The second-order valence-corrected chi connectivity index (χ2v) is 7.62. The molecular weight excluding hydrogens is 360 g/mol. The molecular formula is C24H24N4O. The van der Waals surface area contributed by atoms with Crippen molar-refractivity contribution in [2.75, 3.05) is 5.32 Å². The van der Waals surface area contributed by atoms with Crippen LogP contribution in [0.5, 0.6) is 0 Å². The first kappa shape index (κ1) is 18.9. The zero-order valence-electron chi connectivity index (χ0n) is 17.4.